The lowest BCUT2D eigenvalue weighted by atomic mass is 10.0. The van der Waals surface area contributed by atoms with Gasteiger partial charge in [0.1, 0.15) is 13.2 Å². The Labute approximate surface area is 507 Å². The molecular formula is C76H128O6. The fourth-order valence-electron chi connectivity index (χ4n) is 9.60. The maximum atomic E-state index is 12.9. The van der Waals surface area contributed by atoms with E-state index in [4.69, 9.17) is 14.2 Å². The lowest BCUT2D eigenvalue weighted by Crippen LogP contribution is -2.30. The molecular weight excluding hydrogens is 1010 g/mol. The van der Waals surface area contributed by atoms with Crippen molar-refractivity contribution in [3.8, 4) is 0 Å². The first kappa shape index (κ1) is 77.8. The number of carbonyl (C=O) groups is 3. The van der Waals surface area contributed by atoms with Gasteiger partial charge in [0.25, 0.3) is 0 Å². The van der Waals surface area contributed by atoms with E-state index in [1.54, 1.807) is 0 Å². The average Bonchev–Trinajstić information content (AvgIpc) is 3.47. The van der Waals surface area contributed by atoms with E-state index in [9.17, 15) is 14.4 Å². The number of hydrogen-bond donors (Lipinski definition) is 0. The molecule has 1 unspecified atom stereocenters. The highest BCUT2D eigenvalue weighted by Gasteiger charge is 2.19. The Kier molecular flexibility index (Phi) is 65.8. The summed E-state index contributed by atoms with van der Waals surface area (Å²) in [6, 6.07) is 0. The first-order valence-corrected chi connectivity index (χ1v) is 34.5. The molecule has 0 aliphatic rings. The minimum Gasteiger partial charge on any atom is -0.462 e. The van der Waals surface area contributed by atoms with E-state index < -0.39 is 6.10 Å². The van der Waals surface area contributed by atoms with Gasteiger partial charge in [0.2, 0.25) is 0 Å². The van der Waals surface area contributed by atoms with Crippen LogP contribution in [0.25, 0.3) is 0 Å². The Balaban J connectivity index is 4.17. The molecule has 1 atom stereocenters. The van der Waals surface area contributed by atoms with E-state index >= 15 is 0 Å². The number of ether oxygens (including phenoxy) is 3. The van der Waals surface area contributed by atoms with Gasteiger partial charge in [-0.05, 0) is 116 Å². The summed E-state index contributed by atoms with van der Waals surface area (Å²) < 4.78 is 16.8. The van der Waals surface area contributed by atoms with Gasteiger partial charge in [0.05, 0.1) is 0 Å². The van der Waals surface area contributed by atoms with Crippen molar-refractivity contribution in [2.75, 3.05) is 13.2 Å². The van der Waals surface area contributed by atoms with E-state index in [1.165, 1.54) is 167 Å². The molecule has 0 rings (SSSR count). The third-order valence-electron chi connectivity index (χ3n) is 14.7. The van der Waals surface area contributed by atoms with Gasteiger partial charge in [-0.2, -0.15) is 0 Å². The monoisotopic (exact) mass is 1140 g/mol. The fourth-order valence-corrected chi connectivity index (χ4v) is 9.60. The summed E-state index contributed by atoms with van der Waals surface area (Å²) in [6.45, 7) is 6.36. The largest absolute Gasteiger partial charge is 0.462 e. The van der Waals surface area contributed by atoms with Crippen molar-refractivity contribution >= 4 is 17.9 Å². The van der Waals surface area contributed by atoms with Gasteiger partial charge in [-0.1, -0.05) is 309 Å². The van der Waals surface area contributed by atoms with Gasteiger partial charge < -0.3 is 14.2 Å². The first-order valence-electron chi connectivity index (χ1n) is 34.5. The van der Waals surface area contributed by atoms with E-state index in [-0.39, 0.29) is 37.5 Å². The molecule has 0 aliphatic carbocycles. The lowest BCUT2D eigenvalue weighted by molar-refractivity contribution is -0.166. The number of hydrogen-bond acceptors (Lipinski definition) is 6. The Bertz CT molecular complexity index is 1690. The smallest absolute Gasteiger partial charge is 0.306 e. The Morgan fingerprint density at radius 2 is 0.500 bits per heavy atom. The van der Waals surface area contributed by atoms with Crippen LogP contribution >= 0.6 is 0 Å². The van der Waals surface area contributed by atoms with Crippen molar-refractivity contribution in [2.24, 2.45) is 0 Å². The van der Waals surface area contributed by atoms with Crippen molar-refractivity contribution in [1.82, 2.24) is 0 Å². The van der Waals surface area contributed by atoms with Crippen LogP contribution in [-0.4, -0.2) is 37.2 Å². The third-order valence-corrected chi connectivity index (χ3v) is 14.7. The Morgan fingerprint density at radius 3 is 0.829 bits per heavy atom. The molecule has 0 aromatic rings. The van der Waals surface area contributed by atoms with Crippen LogP contribution in [-0.2, 0) is 28.6 Å². The quantitative estimate of drug-likeness (QED) is 0.0261. The van der Waals surface area contributed by atoms with Crippen LogP contribution in [0.5, 0.6) is 0 Å². The van der Waals surface area contributed by atoms with Crippen molar-refractivity contribution in [3.05, 3.63) is 122 Å². The zero-order chi connectivity index (χ0) is 59.2. The minimum absolute atomic E-state index is 0.102. The van der Waals surface area contributed by atoms with E-state index in [0.29, 0.717) is 19.3 Å². The molecule has 0 aromatic carbocycles. The number of unbranched alkanes of at least 4 members (excludes halogenated alkanes) is 31. The molecule has 0 N–H and O–H groups in total. The highest BCUT2D eigenvalue weighted by atomic mass is 16.6. The molecule has 0 saturated heterocycles. The van der Waals surface area contributed by atoms with Gasteiger partial charge in [0, 0.05) is 19.3 Å². The Hall–Kier alpha value is -4.19. The van der Waals surface area contributed by atoms with Crippen molar-refractivity contribution < 1.29 is 28.6 Å². The van der Waals surface area contributed by atoms with Gasteiger partial charge in [0.15, 0.2) is 6.10 Å². The average molecular weight is 1140 g/mol. The van der Waals surface area contributed by atoms with Gasteiger partial charge >= 0.3 is 17.9 Å². The topological polar surface area (TPSA) is 78.9 Å². The first-order chi connectivity index (χ1) is 40.5. The molecule has 0 spiro atoms. The predicted octanol–water partition coefficient (Wildman–Crippen LogP) is 23.9. The zero-order valence-corrected chi connectivity index (χ0v) is 53.7. The number of rotatable bonds is 62. The number of carbonyl (C=O) groups excluding carboxylic acids is 3. The fraction of sp³-hybridized carbons (Fsp3) is 0.697. The van der Waals surface area contributed by atoms with E-state index in [2.05, 4.69) is 136 Å². The van der Waals surface area contributed by atoms with Crippen LogP contribution in [0.4, 0.5) is 0 Å². The molecule has 6 heteroatoms. The maximum Gasteiger partial charge on any atom is 0.306 e. The standard InChI is InChI=1S/C76H128O6/c1-4-7-10-13-16-19-22-25-27-29-30-31-32-33-34-35-36-37-38-39-40-41-42-43-44-45-46-47-49-51-54-57-60-63-66-69-75(78)81-72-73(71-80-74(77)68-65-62-59-56-53-50-24-21-18-15-12-9-6-3)82-76(79)70-67-64-61-58-55-52-48-28-26-23-20-17-14-11-8-5-2/h7,9-10,12,16,18-19,21,25,27-28,30-31,33-34,48,50,53,59,62,73H,4-6,8,11,13-15,17,20,22-24,26,29,32,35-47,49,51-52,54-58,60-61,63-72H2,1-3H3/b10-7-,12-9-,19-16-,21-18-,27-25-,31-30-,34-33-,48-28-,53-50-,62-59-. The molecule has 0 radical (unpaired) electrons. The van der Waals surface area contributed by atoms with Crippen molar-refractivity contribution in [3.63, 3.8) is 0 Å². The van der Waals surface area contributed by atoms with Crippen molar-refractivity contribution in [1.29, 1.82) is 0 Å². The summed E-state index contributed by atoms with van der Waals surface area (Å²) in [5.41, 5.74) is 0. The Morgan fingerprint density at radius 1 is 0.256 bits per heavy atom. The van der Waals surface area contributed by atoms with Crippen molar-refractivity contribution in [2.45, 2.75) is 329 Å². The second-order valence-electron chi connectivity index (χ2n) is 22.7. The molecule has 0 aliphatic heterocycles. The molecule has 0 fully saturated rings. The normalized spacial score (nSPS) is 12.9. The van der Waals surface area contributed by atoms with Crippen LogP contribution in [0, 0.1) is 0 Å². The highest BCUT2D eigenvalue weighted by Crippen LogP contribution is 2.17. The second kappa shape index (κ2) is 69.3. The van der Waals surface area contributed by atoms with Gasteiger partial charge in [-0.3, -0.25) is 14.4 Å². The summed E-state index contributed by atoms with van der Waals surface area (Å²) in [5.74, 6) is -0.986. The maximum absolute atomic E-state index is 12.9. The molecule has 0 heterocycles. The van der Waals surface area contributed by atoms with Gasteiger partial charge in [-0.25, -0.2) is 0 Å². The summed E-state index contributed by atoms with van der Waals surface area (Å²) in [7, 11) is 0. The lowest BCUT2D eigenvalue weighted by Gasteiger charge is -2.18. The highest BCUT2D eigenvalue weighted by molar-refractivity contribution is 5.71. The molecule has 468 valence electrons. The van der Waals surface area contributed by atoms with E-state index in [1.807, 2.05) is 6.08 Å². The SMILES string of the molecule is CC/C=C\C/C=C\C/C=C\C/C=C\C/C=C\CCCCCCCCCCCCCCCCCCCCCC(=O)OCC(COC(=O)CC/C=C\C/C=C\C/C=C\C/C=C\CC)OC(=O)CCCCCCC/C=C\CCCCCCCCC. The predicted molar refractivity (Wildman–Crippen MR) is 357 cm³/mol. The van der Waals surface area contributed by atoms with Crippen LogP contribution in [0.2, 0.25) is 0 Å². The molecule has 0 aromatic heterocycles. The van der Waals surface area contributed by atoms with Gasteiger partial charge in [-0.15, -0.1) is 0 Å². The second-order valence-corrected chi connectivity index (χ2v) is 22.7. The van der Waals surface area contributed by atoms with Crippen LogP contribution in [0.3, 0.4) is 0 Å². The molecule has 0 saturated carbocycles. The van der Waals surface area contributed by atoms with E-state index in [0.717, 1.165) is 109 Å². The summed E-state index contributed by atoms with van der Waals surface area (Å²) in [6.07, 6.45) is 96.8. The molecule has 6 nitrogen and oxygen atoms in total. The zero-order valence-electron chi connectivity index (χ0n) is 53.7. The minimum atomic E-state index is -0.812. The number of esters is 3. The number of allylic oxidation sites excluding steroid dienone is 20. The summed E-state index contributed by atoms with van der Waals surface area (Å²) >= 11 is 0. The molecule has 0 bridgehead atoms. The summed E-state index contributed by atoms with van der Waals surface area (Å²) in [4.78, 5) is 38.3. The third kappa shape index (κ3) is 66.6. The molecule has 0 amide bonds. The van der Waals surface area contributed by atoms with Crippen LogP contribution < -0.4 is 0 Å². The van der Waals surface area contributed by atoms with Crippen LogP contribution in [0.1, 0.15) is 323 Å². The molecule has 82 heavy (non-hydrogen) atoms. The van der Waals surface area contributed by atoms with Crippen LogP contribution in [0.15, 0.2) is 122 Å². The summed E-state index contributed by atoms with van der Waals surface area (Å²) in [5, 5.41) is 0.